The quantitative estimate of drug-likeness (QED) is 0.379. The van der Waals surface area contributed by atoms with Crippen LogP contribution in [0.1, 0.15) is 42.7 Å². The number of thioether (sulfide) groups is 1. The van der Waals surface area contributed by atoms with Gasteiger partial charge in [-0.2, -0.15) is 0 Å². The topological polar surface area (TPSA) is 139 Å². The molecular weight excluding hydrogens is 430 g/mol. The Kier molecular flexibility index (Phi) is 5.48. The summed E-state index contributed by atoms with van der Waals surface area (Å²) in [4.78, 5) is 11.3. The van der Waals surface area contributed by atoms with Gasteiger partial charge in [0.15, 0.2) is 5.16 Å². The Morgan fingerprint density at radius 3 is 2.75 bits per heavy atom. The number of amides is 1. The number of primary amides is 1. The molecule has 1 aromatic carbocycles. The number of aryl methyl sites for hydroxylation is 1. The molecule has 1 aliphatic rings. The van der Waals surface area contributed by atoms with Crippen LogP contribution in [-0.2, 0) is 17.1 Å². The van der Waals surface area contributed by atoms with E-state index >= 15 is 0 Å². The van der Waals surface area contributed by atoms with E-state index in [1.165, 1.54) is 11.8 Å². The number of carbonyl (C=O) groups is 1. The normalized spacial score (nSPS) is 13.5. The predicted octanol–water partition coefficient (Wildman–Crippen LogP) is 3.34. The summed E-state index contributed by atoms with van der Waals surface area (Å²) in [7, 11) is 0. The van der Waals surface area contributed by atoms with E-state index < -0.39 is 0 Å². The first kappa shape index (κ1) is 20.4. The maximum absolute atomic E-state index is 11.3. The molecule has 164 valence electrons. The van der Waals surface area contributed by atoms with E-state index in [2.05, 4.69) is 25.6 Å². The van der Waals surface area contributed by atoms with Gasteiger partial charge in [0.05, 0.1) is 5.75 Å². The third-order valence-corrected chi connectivity index (χ3v) is 6.14. The first-order valence-corrected chi connectivity index (χ1v) is 11.3. The first-order valence-electron chi connectivity index (χ1n) is 10.3. The van der Waals surface area contributed by atoms with E-state index in [0.717, 1.165) is 24.2 Å². The van der Waals surface area contributed by atoms with Crippen molar-refractivity contribution in [3.8, 4) is 22.7 Å². The molecule has 0 atom stereocenters. The Morgan fingerprint density at radius 2 is 2.00 bits per heavy atom. The van der Waals surface area contributed by atoms with Gasteiger partial charge in [0.25, 0.3) is 5.89 Å². The second kappa shape index (κ2) is 8.58. The zero-order chi connectivity index (χ0) is 22.1. The fraction of sp³-hybridized carbons (Fsp3) is 0.333. The molecule has 10 nitrogen and oxygen atoms in total. The molecule has 3 heterocycles. The summed E-state index contributed by atoms with van der Waals surface area (Å²) in [5, 5.41) is 21.9. The van der Waals surface area contributed by atoms with Crippen LogP contribution in [0, 0.1) is 6.92 Å². The Morgan fingerprint density at radius 1 is 1.19 bits per heavy atom. The molecule has 1 aliphatic carbocycles. The maximum atomic E-state index is 11.3. The van der Waals surface area contributed by atoms with E-state index in [9.17, 15) is 4.79 Å². The van der Waals surface area contributed by atoms with Gasteiger partial charge < -0.3 is 19.2 Å². The molecule has 1 saturated carbocycles. The average molecular weight is 452 g/mol. The molecule has 2 N–H and O–H groups in total. The lowest BCUT2D eigenvalue weighted by molar-refractivity contribution is -0.118. The van der Waals surface area contributed by atoms with Gasteiger partial charge in [-0.15, -0.1) is 20.4 Å². The van der Waals surface area contributed by atoms with Gasteiger partial charge in [-0.3, -0.25) is 4.79 Å². The third-order valence-electron chi connectivity index (χ3n) is 5.19. The van der Waals surface area contributed by atoms with Crippen molar-refractivity contribution in [1.82, 2.24) is 30.1 Å². The molecule has 4 aromatic rings. The van der Waals surface area contributed by atoms with E-state index in [4.69, 9.17) is 14.7 Å². The molecule has 0 saturated heterocycles. The SMILES string of the molecule is Cc1onc(-c2ccccc2)c1-c1nnc(CSc2nnc(C3CC3)n2CCC(N)=O)o1. The van der Waals surface area contributed by atoms with Gasteiger partial charge in [-0.1, -0.05) is 47.3 Å². The highest BCUT2D eigenvalue weighted by Gasteiger charge is 2.30. The van der Waals surface area contributed by atoms with Gasteiger partial charge >= 0.3 is 0 Å². The zero-order valence-corrected chi connectivity index (χ0v) is 18.2. The lowest BCUT2D eigenvalue weighted by Crippen LogP contribution is -2.15. The van der Waals surface area contributed by atoms with Crippen LogP contribution in [0.4, 0.5) is 0 Å². The summed E-state index contributed by atoms with van der Waals surface area (Å²) < 4.78 is 13.3. The maximum Gasteiger partial charge on any atom is 0.253 e. The molecule has 0 spiro atoms. The minimum absolute atomic E-state index is 0.241. The van der Waals surface area contributed by atoms with Crippen LogP contribution < -0.4 is 5.73 Å². The summed E-state index contributed by atoms with van der Waals surface area (Å²) in [6.45, 7) is 2.28. The molecular formula is C21H21N7O3S. The fourth-order valence-corrected chi connectivity index (χ4v) is 4.25. The second-order valence-corrected chi connectivity index (χ2v) is 8.54. The number of hydrogen-bond acceptors (Lipinski definition) is 9. The van der Waals surface area contributed by atoms with Crippen LogP contribution >= 0.6 is 11.8 Å². The van der Waals surface area contributed by atoms with Crippen LogP contribution in [0.15, 0.2) is 44.4 Å². The third kappa shape index (κ3) is 4.15. The van der Waals surface area contributed by atoms with Crippen molar-refractivity contribution in [2.45, 2.75) is 49.6 Å². The monoisotopic (exact) mass is 451 g/mol. The molecule has 3 aromatic heterocycles. The number of rotatable bonds is 9. The van der Waals surface area contributed by atoms with E-state index in [-0.39, 0.29) is 12.3 Å². The minimum Gasteiger partial charge on any atom is -0.420 e. The molecule has 0 aliphatic heterocycles. The molecule has 0 bridgehead atoms. The lowest BCUT2D eigenvalue weighted by Gasteiger charge is -2.07. The zero-order valence-electron chi connectivity index (χ0n) is 17.4. The van der Waals surface area contributed by atoms with Gasteiger partial charge in [-0.05, 0) is 19.8 Å². The second-order valence-electron chi connectivity index (χ2n) is 7.60. The molecule has 0 unspecified atom stereocenters. The number of nitrogens with zero attached hydrogens (tertiary/aromatic N) is 6. The first-order chi connectivity index (χ1) is 15.6. The van der Waals surface area contributed by atoms with Crippen molar-refractivity contribution < 1.29 is 13.7 Å². The van der Waals surface area contributed by atoms with Crippen molar-refractivity contribution in [1.29, 1.82) is 0 Å². The Hall–Kier alpha value is -3.47. The van der Waals surface area contributed by atoms with Crippen LogP contribution in [0.25, 0.3) is 22.7 Å². The molecule has 5 rings (SSSR count). The van der Waals surface area contributed by atoms with Crippen LogP contribution in [0.3, 0.4) is 0 Å². The predicted molar refractivity (Wildman–Crippen MR) is 115 cm³/mol. The number of carbonyl (C=O) groups excluding carboxylic acids is 1. The van der Waals surface area contributed by atoms with E-state index in [0.29, 0.717) is 52.2 Å². The van der Waals surface area contributed by atoms with E-state index in [1.807, 2.05) is 41.8 Å². The largest absolute Gasteiger partial charge is 0.420 e. The molecule has 11 heteroatoms. The fourth-order valence-electron chi connectivity index (χ4n) is 3.44. The minimum atomic E-state index is -0.351. The Bertz CT molecular complexity index is 1240. The van der Waals surface area contributed by atoms with Gasteiger partial charge in [-0.25, -0.2) is 0 Å². The standard InChI is InChI=1S/C21H21N7O3S/c1-12-17(18(27-31-12)13-5-3-2-4-6-13)20-25-23-16(30-20)11-32-21-26-24-19(14-7-8-14)28(21)10-9-15(22)29/h2-6,14H,7-11H2,1H3,(H2,22,29). The molecule has 32 heavy (non-hydrogen) atoms. The van der Waals surface area contributed by atoms with Crippen molar-refractivity contribution >= 4 is 17.7 Å². The van der Waals surface area contributed by atoms with Crippen molar-refractivity contribution in [3.05, 3.63) is 47.8 Å². The Labute approximate surface area is 187 Å². The van der Waals surface area contributed by atoms with Crippen LogP contribution in [0.2, 0.25) is 0 Å². The molecule has 1 amide bonds. The van der Waals surface area contributed by atoms with Crippen LogP contribution in [-0.4, -0.2) is 36.0 Å². The number of nitrogens with two attached hydrogens (primary N) is 1. The summed E-state index contributed by atoms with van der Waals surface area (Å²) in [6.07, 6.45) is 2.42. The van der Waals surface area contributed by atoms with Gasteiger partial charge in [0.2, 0.25) is 11.8 Å². The number of hydrogen-bond donors (Lipinski definition) is 1. The van der Waals surface area contributed by atoms with E-state index in [1.54, 1.807) is 0 Å². The highest BCUT2D eigenvalue weighted by atomic mass is 32.2. The van der Waals surface area contributed by atoms with Crippen LogP contribution in [0.5, 0.6) is 0 Å². The number of aromatic nitrogens is 6. The number of benzene rings is 1. The molecule has 0 radical (unpaired) electrons. The summed E-state index contributed by atoms with van der Waals surface area (Å²) in [5.74, 6) is 2.79. The van der Waals surface area contributed by atoms with Crippen molar-refractivity contribution in [2.75, 3.05) is 0 Å². The molecule has 1 fully saturated rings. The smallest absolute Gasteiger partial charge is 0.253 e. The van der Waals surface area contributed by atoms with Crippen molar-refractivity contribution in [3.63, 3.8) is 0 Å². The summed E-state index contributed by atoms with van der Waals surface area (Å²) >= 11 is 1.44. The average Bonchev–Trinajstić information content (AvgIpc) is 3.21. The van der Waals surface area contributed by atoms with Gasteiger partial charge in [0, 0.05) is 24.4 Å². The van der Waals surface area contributed by atoms with Gasteiger partial charge in [0.1, 0.15) is 22.8 Å². The highest BCUT2D eigenvalue weighted by Crippen LogP contribution is 2.40. The Balaban J connectivity index is 1.34. The van der Waals surface area contributed by atoms with Crippen molar-refractivity contribution in [2.24, 2.45) is 5.73 Å². The lowest BCUT2D eigenvalue weighted by atomic mass is 10.1. The summed E-state index contributed by atoms with van der Waals surface area (Å²) in [6, 6.07) is 9.70. The summed E-state index contributed by atoms with van der Waals surface area (Å²) in [5.41, 5.74) is 7.58. The highest BCUT2D eigenvalue weighted by molar-refractivity contribution is 7.98.